The molecule has 0 radical (unpaired) electrons. The molecule has 0 heterocycles. The van der Waals surface area contributed by atoms with Crippen LogP contribution in [0.5, 0.6) is 0 Å². The zero-order valence-electron chi connectivity index (χ0n) is 14.8. The predicted molar refractivity (Wildman–Crippen MR) is 89.1 cm³/mol. The van der Waals surface area contributed by atoms with Crippen LogP contribution in [0.3, 0.4) is 0 Å². The maximum absolute atomic E-state index is 15.1. The van der Waals surface area contributed by atoms with E-state index in [2.05, 4.69) is 15.9 Å². The van der Waals surface area contributed by atoms with E-state index in [4.69, 9.17) is 5.26 Å². The van der Waals surface area contributed by atoms with Crippen molar-refractivity contribution in [2.24, 2.45) is 0 Å². The molecule has 0 saturated heterocycles. The van der Waals surface area contributed by atoms with E-state index in [9.17, 15) is 48.3 Å². The van der Waals surface area contributed by atoms with Crippen molar-refractivity contribution in [3.63, 3.8) is 0 Å². The Balaban J connectivity index is 3.09. The van der Waals surface area contributed by atoms with Crippen LogP contribution in [0.15, 0.2) is 40.9 Å². The number of hydrogen-bond donors (Lipinski definition) is 0. The van der Waals surface area contributed by atoms with Crippen LogP contribution in [0.4, 0.5) is 52.7 Å². The minimum Gasteiger partial charge on any atom is -0.221 e. The van der Waals surface area contributed by atoms with Crippen LogP contribution in [-0.4, -0.2) is 18.3 Å². The number of alkyl halides is 12. The van der Waals surface area contributed by atoms with Crippen molar-refractivity contribution in [2.75, 3.05) is 0 Å². The van der Waals surface area contributed by atoms with E-state index < -0.39 is 62.9 Å². The predicted octanol–water partition coefficient (Wildman–Crippen LogP) is 7.93. The van der Waals surface area contributed by atoms with Crippen LogP contribution in [0.1, 0.15) is 16.7 Å². The summed E-state index contributed by atoms with van der Waals surface area (Å²) in [7, 11) is 0. The molecule has 0 aliphatic carbocycles. The molecule has 32 heavy (non-hydrogen) atoms. The van der Waals surface area contributed by atoms with Gasteiger partial charge in [0.15, 0.2) is 0 Å². The minimum absolute atomic E-state index is 0.0968. The van der Waals surface area contributed by atoms with Crippen LogP contribution in [-0.2, 0) is 11.8 Å². The third-order valence-corrected chi connectivity index (χ3v) is 4.90. The molecule has 0 aliphatic rings. The largest absolute Gasteiger partial charge is 0.457 e. The number of benzene rings is 2. The summed E-state index contributed by atoms with van der Waals surface area (Å²) in [6.07, 6.45) is -19.7. The molecule has 0 saturated carbocycles. The Morgan fingerprint density at radius 3 is 1.59 bits per heavy atom. The van der Waals surface area contributed by atoms with Gasteiger partial charge in [-0.2, -0.15) is 53.6 Å². The van der Waals surface area contributed by atoms with Crippen LogP contribution < -0.4 is 0 Å². The van der Waals surface area contributed by atoms with Crippen molar-refractivity contribution in [1.29, 1.82) is 5.26 Å². The summed E-state index contributed by atoms with van der Waals surface area (Å²) >= 11 is 2.41. The summed E-state index contributed by atoms with van der Waals surface area (Å²) in [4.78, 5) is 0. The fourth-order valence-electron chi connectivity index (χ4n) is 2.74. The molecule has 0 amide bonds. The van der Waals surface area contributed by atoms with E-state index in [1.165, 1.54) is 0 Å². The number of nitriles is 1. The van der Waals surface area contributed by atoms with Gasteiger partial charge in [-0.25, -0.2) is 4.39 Å². The highest BCUT2D eigenvalue weighted by molar-refractivity contribution is 9.10. The summed E-state index contributed by atoms with van der Waals surface area (Å²) in [6.45, 7) is 0. The highest BCUT2D eigenvalue weighted by Gasteiger charge is 2.82. The molecule has 1 unspecified atom stereocenters. The lowest BCUT2D eigenvalue weighted by Crippen LogP contribution is -2.60. The molecule has 174 valence electrons. The summed E-state index contributed by atoms with van der Waals surface area (Å²) in [5.74, 6) is -7.18. The van der Waals surface area contributed by atoms with Gasteiger partial charge in [0.2, 0.25) is 0 Å². The van der Waals surface area contributed by atoms with E-state index in [0.717, 1.165) is 24.3 Å². The smallest absolute Gasteiger partial charge is 0.221 e. The molecular formula is C18H6BrF12N. The fraction of sp³-hybridized carbons (Fsp3) is 0.278. The lowest BCUT2D eigenvalue weighted by atomic mass is 9.81. The summed E-state index contributed by atoms with van der Waals surface area (Å²) in [5.41, 5.74) is -13.5. The van der Waals surface area contributed by atoms with E-state index in [0.29, 0.717) is 0 Å². The zero-order valence-corrected chi connectivity index (χ0v) is 16.4. The minimum atomic E-state index is -7.18. The first-order valence-electron chi connectivity index (χ1n) is 7.91. The Labute approximate surface area is 179 Å². The second-order valence-corrected chi connectivity index (χ2v) is 7.15. The van der Waals surface area contributed by atoms with Gasteiger partial charge < -0.3 is 0 Å². The van der Waals surface area contributed by atoms with Gasteiger partial charge in [-0.15, -0.1) is 0 Å². The lowest BCUT2D eigenvalue weighted by molar-refractivity contribution is -0.389. The van der Waals surface area contributed by atoms with Crippen molar-refractivity contribution >= 4 is 15.9 Å². The SMILES string of the molecule is N#Cc1ccc(-c2c(Br)cc(C(F)(F)F)cc2C(F)(C(F)(F)F)C(F)(F)C(F)(F)F)cc1. The van der Waals surface area contributed by atoms with E-state index in [-0.39, 0.29) is 11.6 Å². The molecule has 0 spiro atoms. The molecule has 1 atom stereocenters. The molecule has 2 rings (SSSR count). The molecule has 1 nitrogen and oxygen atoms in total. The van der Waals surface area contributed by atoms with Gasteiger partial charge in [-0.3, -0.25) is 0 Å². The average molecular weight is 544 g/mol. The summed E-state index contributed by atoms with van der Waals surface area (Å²) < 4.78 is 160. The lowest BCUT2D eigenvalue weighted by Gasteiger charge is -2.37. The van der Waals surface area contributed by atoms with Crippen LogP contribution >= 0.6 is 15.9 Å². The number of hydrogen-bond acceptors (Lipinski definition) is 1. The van der Waals surface area contributed by atoms with Crippen molar-refractivity contribution in [3.05, 3.63) is 57.6 Å². The standard InChI is InChI=1S/C18H6BrF12N/c19-12-6-10(15(21,22)23)5-11(13(12)9-3-1-8(7-32)2-4-9)14(20,17(26,27)28)16(24,25)18(29,30)31/h1-6H. The van der Waals surface area contributed by atoms with Gasteiger partial charge in [0.25, 0.3) is 0 Å². The zero-order chi connectivity index (χ0) is 24.9. The maximum Gasteiger partial charge on any atom is 0.457 e. The number of halogens is 13. The van der Waals surface area contributed by atoms with Gasteiger partial charge in [-0.1, -0.05) is 28.1 Å². The Hall–Kier alpha value is -2.43. The Bertz CT molecular complexity index is 1040. The summed E-state index contributed by atoms with van der Waals surface area (Å²) in [6, 6.07) is 4.20. The van der Waals surface area contributed by atoms with Crippen molar-refractivity contribution in [1.82, 2.24) is 0 Å². The molecule has 0 aliphatic heterocycles. The van der Waals surface area contributed by atoms with Gasteiger partial charge in [0.1, 0.15) is 0 Å². The number of rotatable bonds is 3. The molecule has 0 fully saturated rings. The molecule has 0 bridgehead atoms. The number of nitrogens with zero attached hydrogens (tertiary/aromatic N) is 1. The monoisotopic (exact) mass is 543 g/mol. The third-order valence-electron chi connectivity index (χ3n) is 4.27. The third kappa shape index (κ3) is 4.14. The Morgan fingerprint density at radius 1 is 0.719 bits per heavy atom. The first-order chi connectivity index (χ1) is 14.3. The second-order valence-electron chi connectivity index (χ2n) is 6.30. The fourth-order valence-corrected chi connectivity index (χ4v) is 3.43. The van der Waals surface area contributed by atoms with Gasteiger partial charge in [0.05, 0.1) is 17.2 Å². The van der Waals surface area contributed by atoms with Gasteiger partial charge in [0, 0.05) is 15.6 Å². The van der Waals surface area contributed by atoms with E-state index in [1.54, 1.807) is 6.07 Å². The average Bonchev–Trinajstić information content (AvgIpc) is 2.64. The van der Waals surface area contributed by atoms with Crippen LogP contribution in [0.25, 0.3) is 11.1 Å². The van der Waals surface area contributed by atoms with Crippen LogP contribution in [0, 0.1) is 11.3 Å². The van der Waals surface area contributed by atoms with Gasteiger partial charge >= 0.3 is 30.1 Å². The second kappa shape index (κ2) is 7.86. The Kier molecular flexibility index (Phi) is 6.34. The first-order valence-corrected chi connectivity index (χ1v) is 8.70. The van der Waals surface area contributed by atoms with Crippen molar-refractivity contribution in [2.45, 2.75) is 30.1 Å². The van der Waals surface area contributed by atoms with E-state index in [1.807, 2.05) is 0 Å². The molecule has 0 aromatic heterocycles. The maximum atomic E-state index is 15.1. The Morgan fingerprint density at radius 2 is 1.22 bits per heavy atom. The molecule has 2 aromatic rings. The van der Waals surface area contributed by atoms with E-state index >= 15 is 4.39 Å². The van der Waals surface area contributed by atoms with Gasteiger partial charge in [-0.05, 0) is 29.8 Å². The quantitative estimate of drug-likeness (QED) is 0.360. The first kappa shape index (κ1) is 25.8. The normalized spacial score (nSPS) is 15.2. The summed E-state index contributed by atoms with van der Waals surface area (Å²) in [5, 5.41) is 8.75. The van der Waals surface area contributed by atoms with Crippen molar-refractivity contribution in [3.8, 4) is 17.2 Å². The van der Waals surface area contributed by atoms with Crippen LogP contribution in [0.2, 0.25) is 0 Å². The topological polar surface area (TPSA) is 23.8 Å². The van der Waals surface area contributed by atoms with Crippen molar-refractivity contribution < 1.29 is 52.7 Å². The highest BCUT2D eigenvalue weighted by atomic mass is 79.9. The molecule has 14 heteroatoms. The molecular weight excluding hydrogens is 538 g/mol. The molecule has 2 aromatic carbocycles. The molecule has 0 N–H and O–H groups in total. The highest BCUT2D eigenvalue weighted by Crippen LogP contribution is 2.60.